The number of rotatable bonds is 7. The van der Waals surface area contributed by atoms with Gasteiger partial charge in [0.05, 0.1) is 13.2 Å². The molecular weight excluding hydrogens is 334 g/mol. The Morgan fingerprint density at radius 3 is 2.04 bits per heavy atom. The summed E-state index contributed by atoms with van der Waals surface area (Å²) in [5, 5.41) is 86.7. The van der Waals surface area contributed by atoms with Crippen LogP contribution < -0.4 is 5.73 Å². The summed E-state index contributed by atoms with van der Waals surface area (Å²) in [6.07, 6.45) is -16.4. The zero-order chi connectivity index (χ0) is 18.8. The van der Waals surface area contributed by atoms with Crippen LogP contribution in [0, 0.1) is 0 Å². The van der Waals surface area contributed by atoms with Gasteiger partial charge in [-0.15, -0.1) is 0 Å². The maximum absolute atomic E-state index is 11.7. The van der Waals surface area contributed by atoms with Gasteiger partial charge in [0, 0.05) is 0 Å². The van der Waals surface area contributed by atoms with E-state index in [0.717, 1.165) is 0 Å². The minimum absolute atomic E-state index is 0.881. The lowest BCUT2D eigenvalue weighted by Crippen LogP contribution is -2.73. The number of carbonyl (C=O) groups excluding carboxylic acids is 1. The van der Waals surface area contributed by atoms with E-state index < -0.39 is 73.6 Å². The van der Waals surface area contributed by atoms with Crippen molar-refractivity contribution < 1.29 is 55.5 Å². The van der Waals surface area contributed by atoms with E-state index in [1.54, 1.807) is 0 Å². The zero-order valence-electron chi connectivity index (χ0n) is 12.5. The lowest BCUT2D eigenvalue weighted by atomic mass is 9.78. The molecule has 1 aliphatic heterocycles. The maximum Gasteiger partial charge on any atom is 0.255 e. The van der Waals surface area contributed by atoms with Crippen molar-refractivity contribution in [2.45, 2.75) is 54.4 Å². The Bertz CT molecular complexity index is 435. The number of nitrogens with two attached hydrogens (primary N) is 1. The minimum atomic E-state index is -3.23. The molecule has 11 N–H and O–H groups in total. The second kappa shape index (κ2) is 7.97. The molecule has 1 rings (SSSR count). The van der Waals surface area contributed by atoms with E-state index >= 15 is 0 Å². The van der Waals surface area contributed by atoms with Crippen molar-refractivity contribution in [3.8, 4) is 0 Å². The van der Waals surface area contributed by atoms with Crippen LogP contribution in [0.2, 0.25) is 0 Å². The van der Waals surface area contributed by atoms with Gasteiger partial charge in [0.1, 0.15) is 48.8 Å². The third kappa shape index (κ3) is 3.52. The first kappa shape index (κ1) is 21.1. The van der Waals surface area contributed by atoms with Gasteiger partial charge >= 0.3 is 0 Å². The van der Waals surface area contributed by atoms with E-state index in [-0.39, 0.29) is 0 Å². The van der Waals surface area contributed by atoms with Crippen molar-refractivity contribution in [3.63, 3.8) is 0 Å². The fourth-order valence-corrected chi connectivity index (χ4v) is 2.50. The number of hydrogen-bond donors (Lipinski definition) is 10. The monoisotopic (exact) mass is 357 g/mol. The van der Waals surface area contributed by atoms with E-state index in [2.05, 4.69) is 0 Å². The van der Waals surface area contributed by atoms with Gasteiger partial charge in [0.15, 0.2) is 0 Å². The van der Waals surface area contributed by atoms with Gasteiger partial charge in [-0.05, 0) is 0 Å². The van der Waals surface area contributed by atoms with Crippen molar-refractivity contribution in [1.82, 2.24) is 0 Å². The smallest absolute Gasteiger partial charge is 0.255 e. The van der Waals surface area contributed by atoms with Crippen LogP contribution in [0.4, 0.5) is 0 Å². The first-order valence-electron chi connectivity index (χ1n) is 7.01. The van der Waals surface area contributed by atoms with Crippen LogP contribution in [0.25, 0.3) is 0 Å². The standard InChI is InChI=1S/C12H23NO11/c13-11(22)12(23,9(21)5(17)3(16)1-14)10-8(20)7(19)6(18)4(2-15)24-10/h3-10,14-21,23H,1-2H2,(H2,13,22)/t3-,4-,5-,6+,7+,8-,9+,10?,12+/m1/s1. The number of aliphatic hydroxyl groups is 9. The minimum Gasteiger partial charge on any atom is -0.394 e. The molecule has 1 fully saturated rings. The molecule has 0 bridgehead atoms. The summed E-state index contributed by atoms with van der Waals surface area (Å²) < 4.78 is 4.97. The molecule has 0 spiro atoms. The fraction of sp³-hybridized carbons (Fsp3) is 0.917. The second-order valence-corrected chi connectivity index (χ2v) is 5.62. The number of carbonyl (C=O) groups is 1. The first-order chi connectivity index (χ1) is 11.0. The van der Waals surface area contributed by atoms with E-state index in [4.69, 9.17) is 20.7 Å². The molecule has 24 heavy (non-hydrogen) atoms. The number of amides is 1. The predicted octanol–water partition coefficient (Wildman–Crippen LogP) is -6.88. The summed E-state index contributed by atoms with van der Waals surface area (Å²) in [4.78, 5) is 11.7. The van der Waals surface area contributed by atoms with Crippen molar-refractivity contribution >= 4 is 5.91 Å². The predicted molar refractivity (Wildman–Crippen MR) is 73.0 cm³/mol. The van der Waals surface area contributed by atoms with Crippen LogP contribution in [0.15, 0.2) is 0 Å². The van der Waals surface area contributed by atoms with Gasteiger partial charge in [-0.2, -0.15) is 0 Å². The molecule has 0 aromatic rings. The normalized spacial score (nSPS) is 37.3. The Morgan fingerprint density at radius 1 is 1.08 bits per heavy atom. The van der Waals surface area contributed by atoms with Crippen molar-refractivity contribution in [2.75, 3.05) is 13.2 Å². The molecule has 12 heteroatoms. The molecule has 1 amide bonds. The Labute approximate surface area is 136 Å². The number of primary amides is 1. The summed E-state index contributed by atoms with van der Waals surface area (Å²) >= 11 is 0. The maximum atomic E-state index is 11.7. The SMILES string of the molecule is NC(=O)[C@@](O)(C1O[C@H](CO)[C@H](O)[C@H](O)[C@H]1O)[C@@H](O)[C@H](O)[C@H](O)CO. The highest BCUT2D eigenvalue weighted by molar-refractivity contribution is 5.85. The van der Waals surface area contributed by atoms with Crippen molar-refractivity contribution in [3.05, 3.63) is 0 Å². The largest absolute Gasteiger partial charge is 0.394 e. The van der Waals surface area contributed by atoms with Crippen LogP contribution in [-0.2, 0) is 9.53 Å². The first-order valence-corrected chi connectivity index (χ1v) is 7.01. The third-order valence-corrected chi connectivity index (χ3v) is 4.08. The summed E-state index contributed by atoms with van der Waals surface area (Å²) in [5.41, 5.74) is 1.78. The molecule has 1 saturated heterocycles. The van der Waals surface area contributed by atoms with E-state index in [1.165, 1.54) is 0 Å². The molecule has 0 aromatic carbocycles. The topological polar surface area (TPSA) is 234 Å². The van der Waals surface area contributed by atoms with Crippen LogP contribution in [0.3, 0.4) is 0 Å². The Morgan fingerprint density at radius 2 is 1.62 bits per heavy atom. The third-order valence-electron chi connectivity index (χ3n) is 4.08. The Kier molecular flexibility index (Phi) is 7.01. The van der Waals surface area contributed by atoms with Crippen LogP contribution in [-0.4, -0.2) is 120 Å². The summed E-state index contributed by atoms with van der Waals surface area (Å²) in [6.45, 7) is -1.92. The van der Waals surface area contributed by atoms with Gasteiger partial charge in [-0.1, -0.05) is 0 Å². The van der Waals surface area contributed by atoms with Crippen molar-refractivity contribution in [2.24, 2.45) is 5.73 Å². The fourth-order valence-electron chi connectivity index (χ4n) is 2.50. The number of hydrogen-bond acceptors (Lipinski definition) is 11. The molecule has 0 saturated carbocycles. The zero-order valence-corrected chi connectivity index (χ0v) is 12.5. The Balaban J connectivity index is 3.24. The average molecular weight is 357 g/mol. The molecule has 1 aliphatic rings. The van der Waals surface area contributed by atoms with E-state index in [0.29, 0.717) is 0 Å². The highest BCUT2D eigenvalue weighted by Gasteiger charge is 2.60. The molecule has 0 radical (unpaired) electrons. The lowest BCUT2D eigenvalue weighted by molar-refractivity contribution is -0.286. The van der Waals surface area contributed by atoms with Crippen LogP contribution in [0.5, 0.6) is 0 Å². The highest BCUT2D eigenvalue weighted by Crippen LogP contribution is 2.32. The van der Waals surface area contributed by atoms with Gasteiger partial charge in [0.25, 0.3) is 5.91 Å². The lowest BCUT2D eigenvalue weighted by Gasteiger charge is -2.47. The molecule has 0 aliphatic carbocycles. The summed E-state index contributed by atoms with van der Waals surface area (Å²) in [5.74, 6) is -1.69. The van der Waals surface area contributed by atoms with Gasteiger partial charge in [-0.3, -0.25) is 4.79 Å². The van der Waals surface area contributed by atoms with E-state index in [9.17, 15) is 40.5 Å². The Hall–Kier alpha value is -0.930. The molecule has 12 nitrogen and oxygen atoms in total. The van der Waals surface area contributed by atoms with Crippen molar-refractivity contribution in [1.29, 1.82) is 0 Å². The van der Waals surface area contributed by atoms with Gasteiger partial charge < -0.3 is 56.4 Å². The molecule has 142 valence electrons. The molecular formula is C12H23NO11. The molecule has 0 aromatic heterocycles. The van der Waals surface area contributed by atoms with Gasteiger partial charge in [0.2, 0.25) is 5.60 Å². The van der Waals surface area contributed by atoms with Crippen LogP contribution >= 0.6 is 0 Å². The van der Waals surface area contributed by atoms with Gasteiger partial charge in [-0.25, -0.2) is 0 Å². The highest BCUT2D eigenvalue weighted by atomic mass is 16.6. The summed E-state index contributed by atoms with van der Waals surface area (Å²) in [7, 11) is 0. The second-order valence-electron chi connectivity index (χ2n) is 5.62. The summed E-state index contributed by atoms with van der Waals surface area (Å²) in [6, 6.07) is 0. The quantitative estimate of drug-likeness (QED) is 0.205. The van der Waals surface area contributed by atoms with Crippen LogP contribution in [0.1, 0.15) is 0 Å². The molecule has 1 heterocycles. The number of ether oxygens (including phenoxy) is 1. The molecule has 9 atom stereocenters. The number of aliphatic hydroxyl groups excluding tert-OH is 8. The van der Waals surface area contributed by atoms with E-state index in [1.807, 2.05) is 0 Å². The average Bonchev–Trinajstić information content (AvgIpc) is 2.56. The molecule has 1 unspecified atom stereocenters.